The first kappa shape index (κ1) is 17.0. The quantitative estimate of drug-likeness (QED) is 0.648. The van der Waals surface area contributed by atoms with Gasteiger partial charge >= 0.3 is 0 Å². The fourth-order valence-corrected chi connectivity index (χ4v) is 3.63. The van der Waals surface area contributed by atoms with E-state index in [1.807, 2.05) is 29.2 Å². The molecule has 0 unspecified atom stereocenters. The molecule has 1 fully saturated rings. The maximum absolute atomic E-state index is 13.9. The minimum atomic E-state index is -0.361. The summed E-state index contributed by atoms with van der Waals surface area (Å²) in [4.78, 5) is 19.2. The number of aromatic nitrogens is 1. The number of fused-ring (bicyclic) bond motifs is 1. The molecule has 0 aliphatic carbocycles. The van der Waals surface area contributed by atoms with Crippen molar-refractivity contribution in [3.8, 4) is 0 Å². The van der Waals surface area contributed by atoms with Crippen LogP contribution in [0, 0.1) is 5.82 Å². The molecule has 0 radical (unpaired) electrons. The van der Waals surface area contributed by atoms with Crippen molar-refractivity contribution in [2.45, 2.75) is 12.8 Å². The van der Waals surface area contributed by atoms with Gasteiger partial charge in [-0.15, -0.1) is 0 Å². The average Bonchev–Trinajstić information content (AvgIpc) is 3.18. The van der Waals surface area contributed by atoms with Crippen LogP contribution in [0.5, 0.6) is 0 Å². The Kier molecular flexibility index (Phi) is 4.59. The highest BCUT2D eigenvalue weighted by atomic mass is 79.9. The molecule has 1 aliphatic heterocycles. The third kappa shape index (κ3) is 3.17. The number of carbonyl (C=O) groups excluding carboxylic acids is 1. The van der Waals surface area contributed by atoms with Crippen molar-refractivity contribution in [3.63, 3.8) is 0 Å². The summed E-state index contributed by atoms with van der Waals surface area (Å²) in [7, 11) is 0. The molecule has 3 aromatic rings. The van der Waals surface area contributed by atoms with E-state index in [0.717, 1.165) is 36.1 Å². The highest BCUT2D eigenvalue weighted by Gasteiger charge is 2.24. The first-order chi connectivity index (χ1) is 12.6. The number of amides is 1. The molecule has 0 atom stereocenters. The Bertz CT molecular complexity index is 986. The molecule has 0 spiro atoms. The van der Waals surface area contributed by atoms with Crippen LogP contribution in [0.3, 0.4) is 0 Å². The summed E-state index contributed by atoms with van der Waals surface area (Å²) >= 11 is 3.51. The van der Waals surface area contributed by atoms with Gasteiger partial charge in [0.2, 0.25) is 0 Å². The van der Waals surface area contributed by atoms with Crippen molar-refractivity contribution in [1.29, 1.82) is 0 Å². The summed E-state index contributed by atoms with van der Waals surface area (Å²) in [6.45, 7) is 1.49. The molecular weight excluding hydrogens is 397 g/mol. The average molecular weight is 414 g/mol. The van der Waals surface area contributed by atoms with Gasteiger partial charge in [0.05, 0.1) is 22.5 Å². The van der Waals surface area contributed by atoms with E-state index in [-0.39, 0.29) is 11.7 Å². The van der Waals surface area contributed by atoms with Gasteiger partial charge in [-0.3, -0.25) is 9.78 Å². The predicted octanol–water partition coefficient (Wildman–Crippen LogP) is 5.12. The van der Waals surface area contributed by atoms with Crippen molar-refractivity contribution in [2.24, 2.45) is 0 Å². The monoisotopic (exact) mass is 413 g/mol. The number of para-hydroxylation sites is 1. The molecule has 2 heterocycles. The van der Waals surface area contributed by atoms with Crippen molar-refractivity contribution < 1.29 is 9.18 Å². The molecule has 6 heteroatoms. The Balaban J connectivity index is 1.87. The van der Waals surface area contributed by atoms with Crippen LogP contribution in [0.15, 0.2) is 53.1 Å². The lowest BCUT2D eigenvalue weighted by molar-refractivity contribution is 0.0793. The lowest BCUT2D eigenvalue weighted by atomic mass is 10.1. The second-order valence-corrected chi connectivity index (χ2v) is 7.17. The van der Waals surface area contributed by atoms with E-state index in [9.17, 15) is 9.18 Å². The molecule has 1 aliphatic rings. The fraction of sp³-hybridized carbons (Fsp3) is 0.200. The molecule has 4 rings (SSSR count). The van der Waals surface area contributed by atoms with E-state index >= 15 is 0 Å². The summed E-state index contributed by atoms with van der Waals surface area (Å²) in [6.07, 6.45) is 3.60. The first-order valence-corrected chi connectivity index (χ1v) is 9.32. The number of nitrogens with zero attached hydrogens (tertiary/aromatic N) is 2. The number of likely N-dealkylation sites (tertiary alicyclic amines) is 1. The number of halogens is 2. The van der Waals surface area contributed by atoms with Crippen LogP contribution in [0.1, 0.15) is 23.2 Å². The topological polar surface area (TPSA) is 45.2 Å². The summed E-state index contributed by atoms with van der Waals surface area (Å²) in [5, 5.41) is 3.90. The van der Waals surface area contributed by atoms with Crippen LogP contribution < -0.4 is 5.32 Å². The maximum atomic E-state index is 13.9. The number of nitrogens with one attached hydrogen (secondary N) is 1. The van der Waals surface area contributed by atoms with Crippen molar-refractivity contribution in [1.82, 2.24) is 9.88 Å². The maximum Gasteiger partial charge on any atom is 0.257 e. The normalized spacial score (nSPS) is 14.0. The van der Waals surface area contributed by atoms with E-state index in [0.29, 0.717) is 22.2 Å². The smallest absolute Gasteiger partial charge is 0.257 e. The Labute approximate surface area is 159 Å². The molecule has 1 amide bonds. The van der Waals surface area contributed by atoms with Crippen LogP contribution in [0.2, 0.25) is 0 Å². The zero-order valence-electron chi connectivity index (χ0n) is 14.0. The van der Waals surface area contributed by atoms with Crippen LogP contribution in [-0.2, 0) is 0 Å². The standard InChI is InChI=1S/C20H17BrFN3O/c21-16-5-1-2-6-18(16)24-19-14-11-13(22)7-8-17(14)23-12-15(19)20(26)25-9-3-4-10-25/h1-2,5-8,11-12H,3-4,9-10H2,(H,23,24). The van der Waals surface area contributed by atoms with Crippen molar-refractivity contribution >= 4 is 44.1 Å². The van der Waals surface area contributed by atoms with E-state index < -0.39 is 0 Å². The molecule has 1 N–H and O–H groups in total. The Morgan fingerprint density at radius 2 is 1.92 bits per heavy atom. The van der Waals surface area contributed by atoms with Gasteiger partial charge in [0.15, 0.2) is 0 Å². The number of anilines is 2. The largest absolute Gasteiger partial charge is 0.353 e. The molecule has 132 valence electrons. The Hall–Kier alpha value is -2.47. The van der Waals surface area contributed by atoms with E-state index in [4.69, 9.17) is 0 Å². The first-order valence-electron chi connectivity index (χ1n) is 8.52. The molecule has 4 nitrogen and oxygen atoms in total. The number of hydrogen-bond acceptors (Lipinski definition) is 3. The molecule has 1 aromatic heterocycles. The van der Waals surface area contributed by atoms with Gasteiger partial charge in [0, 0.05) is 29.1 Å². The van der Waals surface area contributed by atoms with Gasteiger partial charge in [-0.2, -0.15) is 0 Å². The fourth-order valence-electron chi connectivity index (χ4n) is 3.25. The zero-order valence-corrected chi connectivity index (χ0v) is 15.6. The number of hydrogen-bond donors (Lipinski definition) is 1. The number of carbonyl (C=O) groups is 1. The van der Waals surface area contributed by atoms with Gasteiger partial charge in [-0.05, 0) is 59.1 Å². The molecular formula is C20H17BrFN3O. The van der Waals surface area contributed by atoms with E-state index in [1.165, 1.54) is 12.1 Å². The summed E-state index contributed by atoms with van der Waals surface area (Å²) in [5.74, 6) is -0.434. The zero-order chi connectivity index (χ0) is 18.1. The van der Waals surface area contributed by atoms with Crippen molar-refractivity contribution in [2.75, 3.05) is 18.4 Å². The van der Waals surface area contributed by atoms with Gasteiger partial charge < -0.3 is 10.2 Å². The molecule has 0 saturated carbocycles. The third-order valence-electron chi connectivity index (χ3n) is 4.59. The second kappa shape index (κ2) is 7.03. The third-order valence-corrected chi connectivity index (χ3v) is 5.28. The summed E-state index contributed by atoms with van der Waals surface area (Å²) < 4.78 is 14.8. The number of pyridine rings is 1. The van der Waals surface area contributed by atoms with Crippen LogP contribution in [0.25, 0.3) is 10.9 Å². The minimum Gasteiger partial charge on any atom is -0.353 e. The molecule has 1 saturated heterocycles. The predicted molar refractivity (Wildman–Crippen MR) is 104 cm³/mol. The van der Waals surface area contributed by atoms with Crippen LogP contribution >= 0.6 is 15.9 Å². The second-order valence-electron chi connectivity index (χ2n) is 6.31. The summed E-state index contributed by atoms with van der Waals surface area (Å²) in [6, 6.07) is 12.0. The highest BCUT2D eigenvalue weighted by molar-refractivity contribution is 9.10. The minimum absolute atomic E-state index is 0.0734. The lowest BCUT2D eigenvalue weighted by Gasteiger charge is -2.20. The van der Waals surface area contributed by atoms with Crippen molar-refractivity contribution in [3.05, 3.63) is 64.5 Å². The SMILES string of the molecule is O=C(c1cnc2ccc(F)cc2c1Nc1ccccc1Br)N1CCCC1. The van der Waals surface area contributed by atoms with E-state index in [2.05, 4.69) is 26.2 Å². The van der Waals surface area contributed by atoms with Gasteiger partial charge in [0.1, 0.15) is 5.82 Å². The van der Waals surface area contributed by atoms with Gasteiger partial charge in [-0.1, -0.05) is 12.1 Å². The number of benzene rings is 2. The van der Waals surface area contributed by atoms with Crippen LogP contribution in [0.4, 0.5) is 15.8 Å². The van der Waals surface area contributed by atoms with Gasteiger partial charge in [-0.25, -0.2) is 4.39 Å². The highest BCUT2D eigenvalue weighted by Crippen LogP contribution is 2.33. The Morgan fingerprint density at radius 3 is 2.69 bits per heavy atom. The van der Waals surface area contributed by atoms with Crippen LogP contribution in [-0.4, -0.2) is 28.9 Å². The summed E-state index contributed by atoms with van der Waals surface area (Å²) in [5.41, 5.74) is 2.48. The Morgan fingerprint density at radius 1 is 1.15 bits per heavy atom. The molecule has 0 bridgehead atoms. The lowest BCUT2D eigenvalue weighted by Crippen LogP contribution is -2.28. The molecule has 26 heavy (non-hydrogen) atoms. The van der Waals surface area contributed by atoms with Gasteiger partial charge in [0.25, 0.3) is 5.91 Å². The molecule has 2 aromatic carbocycles. The number of rotatable bonds is 3. The van der Waals surface area contributed by atoms with E-state index in [1.54, 1.807) is 12.3 Å².